The summed E-state index contributed by atoms with van der Waals surface area (Å²) in [6.45, 7) is 4.40. The molecule has 0 saturated heterocycles. The summed E-state index contributed by atoms with van der Waals surface area (Å²) in [5, 5.41) is 9.81. The topological polar surface area (TPSA) is 155 Å². The maximum absolute atomic E-state index is 12.9. The van der Waals surface area contributed by atoms with Crippen LogP contribution in [0.4, 0.5) is 0 Å². The molecule has 2 N–H and O–H groups in total. The van der Waals surface area contributed by atoms with E-state index in [1.807, 2.05) is 12.2 Å². The number of aliphatic hydroxyl groups is 1. The Hall–Kier alpha value is -3.34. The summed E-state index contributed by atoms with van der Waals surface area (Å²) in [5.74, 6) is -1.63. The van der Waals surface area contributed by atoms with Crippen LogP contribution in [-0.4, -0.2) is 66.5 Å². The predicted octanol–water partition coefficient (Wildman–Crippen LogP) is 17.5. The van der Waals surface area contributed by atoms with Crippen LogP contribution in [0.15, 0.2) is 85.1 Å². The Morgan fingerprint density at radius 1 is 0.405 bits per heavy atom. The molecule has 0 heterocycles. The van der Waals surface area contributed by atoms with Gasteiger partial charge in [-0.05, 0) is 77.0 Å². The normalized spacial score (nSPS) is 14.0. The fraction of sp³-hybridized carbons (Fsp3) is 0.726. The Bertz CT molecular complexity index is 1560. The van der Waals surface area contributed by atoms with Crippen molar-refractivity contribution in [1.29, 1.82) is 0 Å². The fourth-order valence-corrected chi connectivity index (χ4v) is 8.66. The van der Waals surface area contributed by atoms with Crippen molar-refractivity contribution in [3.8, 4) is 0 Å². The second-order valence-electron chi connectivity index (χ2n) is 19.4. The second kappa shape index (κ2) is 55.9. The van der Waals surface area contributed by atoms with E-state index < -0.39 is 57.8 Å². The third kappa shape index (κ3) is 53.5. The van der Waals surface area contributed by atoms with Crippen molar-refractivity contribution < 1.29 is 52.2 Å². The third-order valence-corrected chi connectivity index (χ3v) is 13.3. The molecule has 3 unspecified atom stereocenters. The molecule has 0 aromatic heterocycles. The van der Waals surface area contributed by atoms with Crippen LogP contribution in [0.5, 0.6) is 0 Å². The van der Waals surface area contributed by atoms with Crippen LogP contribution in [0.1, 0.15) is 252 Å². The van der Waals surface area contributed by atoms with Crippen LogP contribution in [-0.2, 0) is 42.2 Å². The molecule has 0 aromatic rings. The van der Waals surface area contributed by atoms with Gasteiger partial charge in [0.15, 0.2) is 6.10 Å². The molecular weight excluding hydrogens is 952 g/mol. The molecular formula is C62H107O11P. The standard InChI is InChI=1S/C62H107O11P/c1-4-7-10-13-16-19-22-25-28-29-32-35-38-41-44-47-50-53-62(66)73-59(55-69-60(64)51-48-45-42-39-36-33-30-26-23-20-17-14-11-8-5-2)57-71-74(67,68)70-56-58(54-63)72-61(65)52-49-46-43-40-37-34-31-27-24-21-18-15-12-9-6-3/h8,11,17-18,20-21,26-27,30-31,36,39,45,48,58-59,63H,4-7,9-10,12-16,19,22-25,28-29,32-35,37-38,40-44,46-47,49-57H2,1-3H3,(H,67,68)/b11-8-,20-17-,21-18-,30-26-,31-27-,39-36-,48-45-. The van der Waals surface area contributed by atoms with Crippen LogP contribution >= 0.6 is 7.82 Å². The van der Waals surface area contributed by atoms with Gasteiger partial charge in [-0.15, -0.1) is 0 Å². The molecule has 3 atom stereocenters. The summed E-state index contributed by atoms with van der Waals surface area (Å²) in [6.07, 6.45) is 64.2. The fourth-order valence-electron chi connectivity index (χ4n) is 7.87. The second-order valence-corrected chi connectivity index (χ2v) is 20.9. The van der Waals surface area contributed by atoms with Crippen molar-refractivity contribution in [3.63, 3.8) is 0 Å². The van der Waals surface area contributed by atoms with Gasteiger partial charge < -0.3 is 24.2 Å². The quantitative estimate of drug-likeness (QED) is 0.0197. The van der Waals surface area contributed by atoms with Gasteiger partial charge in [0.05, 0.1) is 26.2 Å². The number of ether oxygens (including phenoxy) is 3. The van der Waals surface area contributed by atoms with Crippen molar-refractivity contribution in [1.82, 2.24) is 0 Å². The van der Waals surface area contributed by atoms with Gasteiger partial charge in [-0.1, -0.05) is 241 Å². The van der Waals surface area contributed by atoms with Gasteiger partial charge in [0.25, 0.3) is 0 Å². The maximum Gasteiger partial charge on any atom is 0.472 e. The number of carbonyl (C=O) groups is 3. The molecule has 11 nitrogen and oxygen atoms in total. The van der Waals surface area contributed by atoms with E-state index in [4.69, 9.17) is 23.3 Å². The van der Waals surface area contributed by atoms with E-state index in [0.29, 0.717) is 19.3 Å². The molecule has 12 heteroatoms. The number of allylic oxidation sites excluding steroid dienone is 13. The van der Waals surface area contributed by atoms with Crippen LogP contribution in [0.2, 0.25) is 0 Å². The number of carbonyl (C=O) groups excluding carboxylic acids is 3. The van der Waals surface area contributed by atoms with E-state index in [1.165, 1.54) is 103 Å². The summed E-state index contributed by atoms with van der Waals surface area (Å²) in [7, 11) is -4.77. The maximum atomic E-state index is 12.9. The molecule has 0 bridgehead atoms. The Morgan fingerprint density at radius 2 is 0.743 bits per heavy atom. The van der Waals surface area contributed by atoms with E-state index in [9.17, 15) is 28.9 Å². The minimum absolute atomic E-state index is 0.00720. The molecule has 74 heavy (non-hydrogen) atoms. The molecule has 426 valence electrons. The minimum Gasteiger partial charge on any atom is -0.461 e. The highest BCUT2D eigenvalue weighted by molar-refractivity contribution is 7.47. The SMILES string of the molecule is CC/C=C\C/C=C\C/C=C\C/C=C\C/C=C\CC(=O)OCC(COP(=O)(O)OCC(CO)OC(=O)CCCCCCC/C=C\C/C=C\CCCCC)OC(=O)CCCCCCCCCCCCCCCCCCC. The van der Waals surface area contributed by atoms with Crippen molar-refractivity contribution in [3.05, 3.63) is 85.1 Å². The van der Waals surface area contributed by atoms with Crippen LogP contribution in [0.25, 0.3) is 0 Å². The molecule has 0 aliphatic heterocycles. The molecule has 0 rings (SSSR count). The number of esters is 3. The summed E-state index contributed by atoms with van der Waals surface area (Å²) in [4.78, 5) is 48.5. The number of unbranched alkanes of at least 4 members (excludes halogenated alkanes) is 24. The number of phosphoric acid groups is 1. The van der Waals surface area contributed by atoms with Gasteiger partial charge in [0, 0.05) is 12.8 Å². The lowest BCUT2D eigenvalue weighted by molar-refractivity contribution is -0.161. The first-order chi connectivity index (χ1) is 36.2. The lowest BCUT2D eigenvalue weighted by atomic mass is 10.0. The molecule has 0 aliphatic rings. The number of phosphoric ester groups is 1. The van der Waals surface area contributed by atoms with Crippen LogP contribution < -0.4 is 0 Å². The van der Waals surface area contributed by atoms with Crippen molar-refractivity contribution in [2.24, 2.45) is 0 Å². The Balaban J connectivity index is 4.81. The van der Waals surface area contributed by atoms with Gasteiger partial charge >= 0.3 is 25.7 Å². The zero-order chi connectivity index (χ0) is 54.1. The lowest BCUT2D eigenvalue weighted by Gasteiger charge is -2.21. The summed E-state index contributed by atoms with van der Waals surface area (Å²) in [6, 6.07) is 0. The largest absolute Gasteiger partial charge is 0.472 e. The summed E-state index contributed by atoms with van der Waals surface area (Å²) in [5.41, 5.74) is 0. The molecule has 0 fully saturated rings. The highest BCUT2D eigenvalue weighted by atomic mass is 31.2. The first-order valence-electron chi connectivity index (χ1n) is 29.5. The molecule has 0 aliphatic carbocycles. The zero-order valence-corrected chi connectivity index (χ0v) is 47.9. The van der Waals surface area contributed by atoms with E-state index >= 15 is 0 Å². The predicted molar refractivity (Wildman–Crippen MR) is 307 cm³/mol. The van der Waals surface area contributed by atoms with Gasteiger partial charge in [0.2, 0.25) is 0 Å². The number of hydrogen-bond donors (Lipinski definition) is 2. The van der Waals surface area contributed by atoms with E-state index in [1.54, 1.807) is 6.08 Å². The van der Waals surface area contributed by atoms with E-state index in [0.717, 1.165) is 89.9 Å². The van der Waals surface area contributed by atoms with Crippen LogP contribution in [0.3, 0.4) is 0 Å². The van der Waals surface area contributed by atoms with Crippen LogP contribution in [0, 0.1) is 0 Å². The van der Waals surface area contributed by atoms with Crippen molar-refractivity contribution >= 4 is 25.7 Å². The molecule has 0 saturated carbocycles. The Labute approximate surface area is 451 Å². The smallest absolute Gasteiger partial charge is 0.461 e. The van der Waals surface area contributed by atoms with Gasteiger partial charge in [-0.3, -0.25) is 23.4 Å². The monoisotopic (exact) mass is 1060 g/mol. The molecule has 0 radical (unpaired) electrons. The van der Waals surface area contributed by atoms with Gasteiger partial charge in [0.1, 0.15) is 12.7 Å². The highest BCUT2D eigenvalue weighted by Crippen LogP contribution is 2.43. The summed E-state index contributed by atoms with van der Waals surface area (Å²) >= 11 is 0. The average Bonchev–Trinajstić information content (AvgIpc) is 3.39. The number of hydrogen-bond acceptors (Lipinski definition) is 10. The van der Waals surface area contributed by atoms with Gasteiger partial charge in [-0.25, -0.2) is 4.57 Å². The minimum atomic E-state index is -4.77. The molecule has 0 amide bonds. The first kappa shape index (κ1) is 70.7. The number of rotatable bonds is 54. The highest BCUT2D eigenvalue weighted by Gasteiger charge is 2.28. The molecule has 0 aromatic carbocycles. The summed E-state index contributed by atoms with van der Waals surface area (Å²) < 4.78 is 39.4. The van der Waals surface area contributed by atoms with E-state index in [2.05, 4.69) is 87.6 Å². The average molecular weight is 1060 g/mol. The van der Waals surface area contributed by atoms with E-state index in [-0.39, 0.29) is 25.9 Å². The van der Waals surface area contributed by atoms with Crippen molar-refractivity contribution in [2.75, 3.05) is 26.4 Å². The van der Waals surface area contributed by atoms with Gasteiger partial charge in [-0.2, -0.15) is 0 Å². The lowest BCUT2D eigenvalue weighted by Crippen LogP contribution is -2.30. The third-order valence-electron chi connectivity index (χ3n) is 12.3. The Kier molecular flexibility index (Phi) is 53.4. The Morgan fingerprint density at radius 3 is 1.18 bits per heavy atom. The molecule has 0 spiro atoms. The first-order valence-corrected chi connectivity index (χ1v) is 31.0. The zero-order valence-electron chi connectivity index (χ0n) is 47.0. The van der Waals surface area contributed by atoms with Crippen molar-refractivity contribution in [2.45, 2.75) is 264 Å². The number of aliphatic hydroxyl groups excluding tert-OH is 1.